The summed E-state index contributed by atoms with van der Waals surface area (Å²) in [6.07, 6.45) is 1.77. The molecule has 1 aliphatic heterocycles. The van der Waals surface area contributed by atoms with Crippen LogP contribution in [0.25, 0.3) is 0 Å². The molecule has 0 saturated carbocycles. The van der Waals surface area contributed by atoms with Crippen LogP contribution in [0.15, 0.2) is 77.3 Å². The molecule has 0 fully saturated rings. The second-order valence-corrected chi connectivity index (χ2v) is 11.0. The van der Waals surface area contributed by atoms with Crippen LogP contribution in [0.2, 0.25) is 0 Å². The number of amides is 1. The van der Waals surface area contributed by atoms with Crippen LogP contribution in [0.1, 0.15) is 65.5 Å². The standard InChI is InChI=1S/C27H28FN3O4S/c1-18(22-12-4-5-13-23(22)28)15-24-31-36(33,34)25(27(2,3)35-24)19-9-8-10-20(16-19)26(32)30-17-21-11-6-7-14-29-21/h4-14,16,18,25H,15,17H2,1-3H3,(H,30,32)/t18-,25?/m1/s1. The van der Waals surface area contributed by atoms with Crippen molar-refractivity contribution in [1.82, 2.24) is 10.3 Å². The number of carbonyl (C=O) groups is 1. The predicted octanol–water partition coefficient (Wildman–Crippen LogP) is 4.92. The molecule has 188 valence electrons. The molecular formula is C27H28FN3O4S. The van der Waals surface area contributed by atoms with Gasteiger partial charge in [-0.25, -0.2) is 12.8 Å². The molecule has 0 bridgehead atoms. The third-order valence-electron chi connectivity index (χ3n) is 6.06. The zero-order valence-corrected chi connectivity index (χ0v) is 21.1. The first-order chi connectivity index (χ1) is 17.1. The zero-order chi connectivity index (χ0) is 25.9. The average Bonchev–Trinajstić information content (AvgIpc) is 2.82. The van der Waals surface area contributed by atoms with Crippen molar-refractivity contribution in [3.8, 4) is 0 Å². The van der Waals surface area contributed by atoms with Crippen LogP contribution in [0.4, 0.5) is 4.39 Å². The lowest BCUT2D eigenvalue weighted by atomic mass is 9.94. The van der Waals surface area contributed by atoms with Gasteiger partial charge in [0, 0.05) is 18.2 Å². The summed E-state index contributed by atoms with van der Waals surface area (Å²) in [6.45, 7) is 5.38. The molecule has 2 aromatic carbocycles. The van der Waals surface area contributed by atoms with Crippen molar-refractivity contribution in [1.29, 1.82) is 0 Å². The summed E-state index contributed by atoms with van der Waals surface area (Å²) >= 11 is 0. The molecular weight excluding hydrogens is 481 g/mol. The molecule has 7 nitrogen and oxygen atoms in total. The molecule has 9 heteroatoms. The lowest BCUT2D eigenvalue weighted by Gasteiger charge is -2.37. The molecule has 0 saturated heterocycles. The topological polar surface area (TPSA) is 97.7 Å². The Balaban J connectivity index is 1.55. The third kappa shape index (κ3) is 5.62. The van der Waals surface area contributed by atoms with Gasteiger partial charge >= 0.3 is 0 Å². The highest BCUT2D eigenvalue weighted by Crippen LogP contribution is 2.41. The van der Waals surface area contributed by atoms with Crippen molar-refractivity contribution < 1.29 is 22.3 Å². The van der Waals surface area contributed by atoms with Crippen molar-refractivity contribution in [2.45, 2.75) is 50.5 Å². The average molecular weight is 510 g/mol. The summed E-state index contributed by atoms with van der Waals surface area (Å²) in [5, 5.41) is 1.67. The summed E-state index contributed by atoms with van der Waals surface area (Å²) in [5.41, 5.74) is 0.713. The lowest BCUT2D eigenvalue weighted by molar-refractivity contribution is 0.0800. The minimum Gasteiger partial charge on any atom is -0.472 e. The SMILES string of the molecule is C[C@H](CC1=NS(=O)(=O)C(c2cccc(C(=O)NCc3ccccn3)c2)C(C)(C)O1)c1ccccc1F. The quantitative estimate of drug-likeness (QED) is 0.487. The van der Waals surface area contributed by atoms with E-state index in [-0.39, 0.29) is 36.5 Å². The summed E-state index contributed by atoms with van der Waals surface area (Å²) < 4.78 is 50.9. The fraction of sp³-hybridized carbons (Fsp3) is 0.296. The Labute approximate surface area is 210 Å². The second kappa shape index (κ2) is 10.2. The van der Waals surface area contributed by atoms with E-state index in [1.165, 1.54) is 6.07 Å². The highest BCUT2D eigenvalue weighted by atomic mass is 32.2. The molecule has 1 amide bonds. The van der Waals surface area contributed by atoms with Gasteiger partial charge in [0.15, 0.2) is 0 Å². The highest BCUT2D eigenvalue weighted by Gasteiger charge is 2.47. The Morgan fingerprint density at radius 3 is 2.56 bits per heavy atom. The third-order valence-corrected chi connectivity index (χ3v) is 7.96. The van der Waals surface area contributed by atoms with Crippen LogP contribution in [-0.2, 0) is 21.3 Å². The van der Waals surface area contributed by atoms with Gasteiger partial charge in [0.05, 0.1) is 12.2 Å². The van der Waals surface area contributed by atoms with Gasteiger partial charge in [0.2, 0.25) is 5.90 Å². The van der Waals surface area contributed by atoms with E-state index < -0.39 is 20.9 Å². The van der Waals surface area contributed by atoms with E-state index in [4.69, 9.17) is 4.74 Å². The Hall–Kier alpha value is -3.59. The first-order valence-corrected chi connectivity index (χ1v) is 13.1. The lowest BCUT2D eigenvalue weighted by Crippen LogP contribution is -2.43. The predicted molar refractivity (Wildman–Crippen MR) is 136 cm³/mol. The maximum atomic E-state index is 14.2. The fourth-order valence-corrected chi connectivity index (χ4v) is 6.20. The van der Waals surface area contributed by atoms with Crippen LogP contribution >= 0.6 is 0 Å². The number of hydrogen-bond donors (Lipinski definition) is 1. The zero-order valence-electron chi connectivity index (χ0n) is 20.3. The van der Waals surface area contributed by atoms with E-state index in [2.05, 4.69) is 14.7 Å². The number of hydrogen-bond acceptors (Lipinski definition) is 5. The molecule has 0 aliphatic carbocycles. The second-order valence-electron chi connectivity index (χ2n) is 9.34. The van der Waals surface area contributed by atoms with Crippen LogP contribution < -0.4 is 5.32 Å². The van der Waals surface area contributed by atoms with Crippen molar-refractivity contribution in [3.63, 3.8) is 0 Å². The Morgan fingerprint density at radius 1 is 1.11 bits per heavy atom. The van der Waals surface area contributed by atoms with E-state index in [0.29, 0.717) is 22.4 Å². The molecule has 4 rings (SSSR count). The first kappa shape index (κ1) is 25.5. The molecule has 36 heavy (non-hydrogen) atoms. The molecule has 3 aromatic rings. The molecule has 0 radical (unpaired) electrons. The number of pyridine rings is 1. The van der Waals surface area contributed by atoms with Gasteiger partial charge in [0.25, 0.3) is 15.9 Å². The number of carbonyl (C=O) groups excluding carboxylic acids is 1. The van der Waals surface area contributed by atoms with Crippen LogP contribution in [0, 0.1) is 5.82 Å². The molecule has 1 aliphatic rings. The smallest absolute Gasteiger partial charge is 0.267 e. The number of halogens is 1. The van der Waals surface area contributed by atoms with E-state index in [1.54, 1.807) is 81.6 Å². The Kier molecular flexibility index (Phi) is 7.21. The molecule has 2 heterocycles. The number of rotatable bonds is 7. The van der Waals surface area contributed by atoms with E-state index in [9.17, 15) is 17.6 Å². The van der Waals surface area contributed by atoms with Gasteiger partial charge in [-0.05, 0) is 61.2 Å². The van der Waals surface area contributed by atoms with Gasteiger partial charge in [-0.1, -0.05) is 43.3 Å². The Morgan fingerprint density at radius 2 is 1.86 bits per heavy atom. The van der Waals surface area contributed by atoms with Crippen LogP contribution in [0.3, 0.4) is 0 Å². The monoisotopic (exact) mass is 509 g/mol. The van der Waals surface area contributed by atoms with Crippen molar-refractivity contribution >= 4 is 21.8 Å². The Bertz CT molecular complexity index is 1390. The highest BCUT2D eigenvalue weighted by molar-refractivity contribution is 7.90. The van der Waals surface area contributed by atoms with Crippen molar-refractivity contribution in [2.75, 3.05) is 0 Å². The molecule has 0 spiro atoms. The van der Waals surface area contributed by atoms with E-state index in [0.717, 1.165) is 0 Å². The van der Waals surface area contributed by atoms with Gasteiger partial charge in [-0.15, -0.1) is 4.40 Å². The maximum Gasteiger partial charge on any atom is 0.267 e. The van der Waals surface area contributed by atoms with E-state index >= 15 is 0 Å². The van der Waals surface area contributed by atoms with Crippen molar-refractivity contribution in [3.05, 3.63) is 101 Å². The summed E-state index contributed by atoms with van der Waals surface area (Å²) in [6, 6.07) is 18.2. The number of nitrogens with zero attached hydrogens (tertiary/aromatic N) is 2. The molecule has 1 unspecified atom stereocenters. The van der Waals surface area contributed by atoms with E-state index in [1.807, 2.05) is 6.07 Å². The number of sulfonamides is 1. The normalized spacial score (nSPS) is 19.0. The van der Waals surface area contributed by atoms with Gasteiger partial charge in [-0.3, -0.25) is 9.78 Å². The molecule has 2 atom stereocenters. The minimum atomic E-state index is -4.04. The number of nitrogens with one attached hydrogen (secondary N) is 1. The largest absolute Gasteiger partial charge is 0.472 e. The van der Waals surface area contributed by atoms with Gasteiger partial charge < -0.3 is 10.1 Å². The van der Waals surface area contributed by atoms with Crippen LogP contribution in [0.5, 0.6) is 0 Å². The molecule has 1 aromatic heterocycles. The number of aromatic nitrogens is 1. The number of ether oxygens (including phenoxy) is 1. The van der Waals surface area contributed by atoms with Gasteiger partial charge in [0.1, 0.15) is 16.7 Å². The maximum absolute atomic E-state index is 14.2. The minimum absolute atomic E-state index is 0.0382. The first-order valence-electron chi connectivity index (χ1n) is 11.6. The van der Waals surface area contributed by atoms with Gasteiger partial charge in [-0.2, -0.15) is 0 Å². The number of benzene rings is 2. The fourth-order valence-electron chi connectivity index (χ4n) is 4.45. The van der Waals surface area contributed by atoms with Crippen LogP contribution in [-0.4, -0.2) is 30.8 Å². The summed E-state index contributed by atoms with van der Waals surface area (Å²) in [5.74, 6) is -1.01. The summed E-state index contributed by atoms with van der Waals surface area (Å²) in [7, 11) is -4.04. The molecule has 1 N–H and O–H groups in total. The van der Waals surface area contributed by atoms with Crippen molar-refractivity contribution in [2.24, 2.45) is 4.40 Å². The summed E-state index contributed by atoms with van der Waals surface area (Å²) in [4.78, 5) is 16.9.